The molecule has 0 aliphatic rings. The van der Waals surface area contributed by atoms with E-state index in [2.05, 4.69) is 17.3 Å². The Morgan fingerprint density at radius 2 is 1.70 bits per heavy atom. The average Bonchev–Trinajstić information content (AvgIpc) is 3.08. The van der Waals surface area contributed by atoms with Crippen molar-refractivity contribution in [1.29, 1.82) is 0 Å². The van der Waals surface area contributed by atoms with E-state index in [0.29, 0.717) is 30.9 Å². The number of hydrogen-bond donors (Lipinski definition) is 1. The van der Waals surface area contributed by atoms with Gasteiger partial charge in [0.05, 0.1) is 17.9 Å². The second kappa shape index (κ2) is 10.9. The molecule has 2 aromatic carbocycles. The Morgan fingerprint density at radius 1 is 1.00 bits per heavy atom. The molecule has 1 heterocycles. The van der Waals surface area contributed by atoms with Gasteiger partial charge in [-0.25, -0.2) is 4.68 Å². The third-order valence-corrected chi connectivity index (χ3v) is 5.73. The zero-order valence-corrected chi connectivity index (χ0v) is 20.1. The maximum Gasteiger partial charge on any atom is 0.253 e. The van der Waals surface area contributed by atoms with Gasteiger partial charge in [-0.3, -0.25) is 14.5 Å². The number of anilines is 1. The van der Waals surface area contributed by atoms with Crippen LogP contribution in [0.1, 0.15) is 41.2 Å². The molecule has 1 N–H and O–H groups in total. The predicted molar refractivity (Wildman–Crippen MR) is 132 cm³/mol. The minimum absolute atomic E-state index is 0.0328. The number of amides is 2. The van der Waals surface area contributed by atoms with Crippen LogP contribution >= 0.6 is 0 Å². The van der Waals surface area contributed by atoms with Gasteiger partial charge in [0.15, 0.2) is 0 Å². The molecule has 7 nitrogen and oxygen atoms in total. The molecule has 7 heteroatoms. The molecule has 0 saturated carbocycles. The number of likely N-dealkylation sites (N-methyl/N-ethyl adjacent to an activating group) is 1. The fourth-order valence-corrected chi connectivity index (χ4v) is 3.92. The molecule has 3 aromatic rings. The van der Waals surface area contributed by atoms with Gasteiger partial charge in [0.25, 0.3) is 5.91 Å². The number of nitrogens with one attached hydrogen (secondary N) is 1. The van der Waals surface area contributed by atoms with E-state index in [4.69, 9.17) is 0 Å². The van der Waals surface area contributed by atoms with Crippen molar-refractivity contribution in [2.75, 3.05) is 32.0 Å². The maximum atomic E-state index is 12.7. The summed E-state index contributed by atoms with van der Waals surface area (Å²) < 4.78 is 1.94. The molecular weight excluding hydrogens is 414 g/mol. The molecule has 2 amide bonds. The lowest BCUT2D eigenvalue weighted by molar-refractivity contribution is -0.117. The van der Waals surface area contributed by atoms with Gasteiger partial charge < -0.3 is 10.2 Å². The summed E-state index contributed by atoms with van der Waals surface area (Å²) in [5.74, 6) is -0.162. The Balaban J connectivity index is 1.64. The molecular formula is C26H33N5O2. The minimum atomic E-state index is -0.129. The quantitative estimate of drug-likeness (QED) is 0.537. The van der Waals surface area contributed by atoms with Gasteiger partial charge in [-0.05, 0) is 65.1 Å². The van der Waals surface area contributed by atoms with Crippen LogP contribution in [0.15, 0.2) is 54.6 Å². The van der Waals surface area contributed by atoms with E-state index in [0.717, 1.165) is 22.6 Å². The van der Waals surface area contributed by atoms with Crippen molar-refractivity contribution in [1.82, 2.24) is 19.6 Å². The Kier molecular flexibility index (Phi) is 8.01. The van der Waals surface area contributed by atoms with Crippen molar-refractivity contribution < 1.29 is 9.59 Å². The summed E-state index contributed by atoms with van der Waals surface area (Å²) in [4.78, 5) is 29.0. The van der Waals surface area contributed by atoms with E-state index in [9.17, 15) is 9.59 Å². The van der Waals surface area contributed by atoms with Gasteiger partial charge in [0.1, 0.15) is 0 Å². The minimum Gasteiger partial charge on any atom is -0.339 e. The predicted octanol–water partition coefficient (Wildman–Crippen LogP) is 4.04. The normalized spacial score (nSPS) is 11.0. The smallest absolute Gasteiger partial charge is 0.253 e. The summed E-state index contributed by atoms with van der Waals surface area (Å²) in [7, 11) is 1.92. The molecule has 3 rings (SSSR count). The van der Waals surface area contributed by atoms with Crippen LogP contribution in [0.3, 0.4) is 0 Å². The van der Waals surface area contributed by atoms with Crippen molar-refractivity contribution >= 4 is 17.5 Å². The van der Waals surface area contributed by atoms with Gasteiger partial charge >= 0.3 is 0 Å². The van der Waals surface area contributed by atoms with Crippen molar-refractivity contribution in [3.8, 4) is 5.69 Å². The Labute approximate surface area is 196 Å². The van der Waals surface area contributed by atoms with Crippen LogP contribution in [-0.2, 0) is 11.3 Å². The lowest BCUT2D eigenvalue weighted by Gasteiger charge is -2.19. The largest absolute Gasteiger partial charge is 0.339 e. The fourth-order valence-electron chi connectivity index (χ4n) is 3.92. The molecule has 0 spiro atoms. The highest BCUT2D eigenvalue weighted by molar-refractivity contribution is 5.97. The fraction of sp³-hybridized carbons (Fsp3) is 0.346. The topological polar surface area (TPSA) is 70.5 Å². The Bertz CT molecular complexity index is 1100. The lowest BCUT2D eigenvalue weighted by atomic mass is 10.1. The van der Waals surface area contributed by atoms with Gasteiger partial charge in [-0.1, -0.05) is 24.3 Å². The lowest BCUT2D eigenvalue weighted by Crippen LogP contribution is -2.31. The summed E-state index contributed by atoms with van der Waals surface area (Å²) in [5, 5.41) is 7.61. The molecule has 0 aliphatic carbocycles. The maximum absolute atomic E-state index is 12.7. The number of rotatable bonds is 9. The van der Waals surface area contributed by atoms with Crippen LogP contribution in [0.2, 0.25) is 0 Å². The third-order valence-electron chi connectivity index (χ3n) is 5.73. The van der Waals surface area contributed by atoms with Crippen molar-refractivity contribution in [3.05, 3.63) is 77.1 Å². The monoisotopic (exact) mass is 447 g/mol. The number of aromatic nitrogens is 2. The highest BCUT2D eigenvalue weighted by Gasteiger charge is 2.17. The van der Waals surface area contributed by atoms with Crippen LogP contribution in [0.4, 0.5) is 5.69 Å². The molecule has 0 unspecified atom stereocenters. The van der Waals surface area contributed by atoms with Crippen molar-refractivity contribution in [2.45, 2.75) is 34.2 Å². The number of para-hydroxylation sites is 1. The van der Waals surface area contributed by atoms with E-state index >= 15 is 0 Å². The summed E-state index contributed by atoms with van der Waals surface area (Å²) >= 11 is 0. The van der Waals surface area contributed by atoms with Gasteiger partial charge in [0.2, 0.25) is 5.91 Å². The van der Waals surface area contributed by atoms with E-state index in [1.54, 1.807) is 29.2 Å². The first kappa shape index (κ1) is 24.2. The summed E-state index contributed by atoms with van der Waals surface area (Å²) in [6.45, 7) is 10.1. The van der Waals surface area contributed by atoms with E-state index in [1.807, 2.05) is 67.7 Å². The molecule has 0 aliphatic heterocycles. The Morgan fingerprint density at radius 3 is 2.36 bits per heavy atom. The zero-order chi connectivity index (χ0) is 24.0. The molecule has 0 fully saturated rings. The highest BCUT2D eigenvalue weighted by Crippen LogP contribution is 2.19. The number of carbonyl (C=O) groups excluding carboxylic acids is 2. The summed E-state index contributed by atoms with van der Waals surface area (Å²) in [5.41, 5.74) is 5.34. The van der Waals surface area contributed by atoms with E-state index in [1.165, 1.54) is 0 Å². The van der Waals surface area contributed by atoms with Crippen LogP contribution in [-0.4, -0.2) is 58.1 Å². The van der Waals surface area contributed by atoms with Gasteiger partial charge in [-0.15, -0.1) is 0 Å². The molecule has 33 heavy (non-hydrogen) atoms. The van der Waals surface area contributed by atoms with Crippen LogP contribution < -0.4 is 5.32 Å². The zero-order valence-electron chi connectivity index (χ0n) is 20.1. The molecule has 0 atom stereocenters. The molecule has 1 aromatic heterocycles. The number of aryl methyl sites for hydroxylation is 1. The summed E-state index contributed by atoms with van der Waals surface area (Å²) in [6.07, 6.45) is 0. The number of benzene rings is 2. The number of nitrogens with zero attached hydrogens (tertiary/aromatic N) is 4. The highest BCUT2D eigenvalue weighted by atomic mass is 16.2. The van der Waals surface area contributed by atoms with Crippen molar-refractivity contribution in [2.24, 2.45) is 0 Å². The second-order valence-electron chi connectivity index (χ2n) is 8.18. The Hall–Kier alpha value is -3.45. The molecule has 0 saturated heterocycles. The molecule has 0 bridgehead atoms. The summed E-state index contributed by atoms with van der Waals surface area (Å²) in [6, 6.07) is 17.1. The number of carbonyl (C=O) groups is 2. The molecule has 174 valence electrons. The van der Waals surface area contributed by atoms with Gasteiger partial charge in [-0.2, -0.15) is 5.10 Å². The molecule has 0 radical (unpaired) electrons. The first-order valence-corrected chi connectivity index (χ1v) is 11.3. The van der Waals surface area contributed by atoms with E-state index < -0.39 is 0 Å². The number of hydrogen-bond acceptors (Lipinski definition) is 4. The van der Waals surface area contributed by atoms with Crippen LogP contribution in [0, 0.1) is 13.8 Å². The van der Waals surface area contributed by atoms with Crippen LogP contribution in [0.5, 0.6) is 0 Å². The average molecular weight is 448 g/mol. The van der Waals surface area contributed by atoms with Crippen LogP contribution in [0.25, 0.3) is 5.69 Å². The second-order valence-corrected chi connectivity index (χ2v) is 8.18. The van der Waals surface area contributed by atoms with E-state index in [-0.39, 0.29) is 18.4 Å². The van der Waals surface area contributed by atoms with Gasteiger partial charge in [0, 0.05) is 42.1 Å². The standard InChI is InChI=1S/C26H33N5O2/c1-6-30(7-2)26(33)21-12-11-13-22(16-21)27-25(32)18-29(5)17-24-19(3)28-31(20(24)4)23-14-9-8-10-15-23/h8-16H,6-7,17-18H2,1-5H3,(H,27,32). The first-order valence-electron chi connectivity index (χ1n) is 11.3. The van der Waals surface area contributed by atoms with Crippen molar-refractivity contribution in [3.63, 3.8) is 0 Å². The third kappa shape index (κ3) is 5.87. The first-order chi connectivity index (χ1) is 15.8. The SMILES string of the molecule is CCN(CC)C(=O)c1cccc(NC(=O)CN(C)Cc2c(C)nn(-c3ccccc3)c2C)c1.